The lowest BCUT2D eigenvalue weighted by molar-refractivity contribution is -0.138. The van der Waals surface area contributed by atoms with Gasteiger partial charge in [-0.05, 0) is 54.2 Å². The van der Waals surface area contributed by atoms with E-state index in [4.69, 9.17) is 18.9 Å². The highest BCUT2D eigenvalue weighted by Gasteiger charge is 2.33. The molecule has 4 aromatic rings. The van der Waals surface area contributed by atoms with Gasteiger partial charge in [-0.25, -0.2) is 19.6 Å². The molecule has 56 heavy (non-hydrogen) atoms. The van der Waals surface area contributed by atoms with Crippen LogP contribution in [0.25, 0.3) is 22.0 Å². The van der Waals surface area contributed by atoms with Crippen LogP contribution >= 0.6 is 0 Å². The minimum Gasteiger partial charge on any atom is -0.453 e. The van der Waals surface area contributed by atoms with E-state index >= 15 is 0 Å². The van der Waals surface area contributed by atoms with E-state index in [0.29, 0.717) is 24.9 Å². The van der Waals surface area contributed by atoms with Gasteiger partial charge in [0.1, 0.15) is 35.9 Å². The van der Waals surface area contributed by atoms with Crippen LogP contribution in [0, 0.1) is 11.8 Å². The van der Waals surface area contributed by atoms with Crippen LogP contribution in [0.1, 0.15) is 88.7 Å². The normalized spacial score (nSPS) is 17.9. The summed E-state index contributed by atoms with van der Waals surface area (Å²) >= 11 is 0. The first-order valence-corrected chi connectivity index (χ1v) is 18.7. The van der Waals surface area contributed by atoms with E-state index in [2.05, 4.69) is 54.8 Å². The van der Waals surface area contributed by atoms with Gasteiger partial charge in [-0.2, -0.15) is 0 Å². The summed E-state index contributed by atoms with van der Waals surface area (Å²) in [7, 11) is 5.90. The van der Waals surface area contributed by atoms with Crippen LogP contribution in [-0.4, -0.2) is 107 Å². The molecule has 1 fully saturated rings. The van der Waals surface area contributed by atoms with Crippen molar-refractivity contribution in [2.24, 2.45) is 11.8 Å². The van der Waals surface area contributed by atoms with E-state index in [1.165, 1.54) is 14.2 Å². The number of fused-ring (bicyclic) bond motifs is 1. The van der Waals surface area contributed by atoms with E-state index in [0.717, 1.165) is 33.3 Å². The molecule has 16 heteroatoms. The number of hydrogen-bond acceptors (Lipinski definition) is 10. The zero-order chi connectivity index (χ0) is 40.8. The monoisotopic (exact) mass is 774 g/mol. The summed E-state index contributed by atoms with van der Waals surface area (Å²) in [6.45, 7) is 11.8. The summed E-state index contributed by atoms with van der Waals surface area (Å²) in [5.74, 6) is 0.419. The van der Waals surface area contributed by atoms with Crippen LogP contribution in [0.3, 0.4) is 0 Å². The summed E-state index contributed by atoms with van der Waals surface area (Å²) < 4.78 is 21.9. The van der Waals surface area contributed by atoms with E-state index in [9.17, 15) is 19.2 Å². The van der Waals surface area contributed by atoms with Gasteiger partial charge in [-0.1, -0.05) is 52.0 Å². The molecule has 1 saturated heterocycles. The van der Waals surface area contributed by atoms with Gasteiger partial charge in [0.2, 0.25) is 11.8 Å². The quantitative estimate of drug-likeness (QED) is 0.133. The Morgan fingerprint density at radius 2 is 1.21 bits per heavy atom. The van der Waals surface area contributed by atoms with Gasteiger partial charge in [0.05, 0.1) is 63.3 Å². The molecule has 2 aromatic heterocycles. The molecule has 3 heterocycles. The van der Waals surface area contributed by atoms with Crippen LogP contribution in [0.5, 0.6) is 0 Å². The van der Waals surface area contributed by atoms with Crippen molar-refractivity contribution >= 4 is 34.8 Å². The Labute approximate surface area is 327 Å². The molecule has 4 N–H and O–H groups in total. The van der Waals surface area contributed by atoms with E-state index in [1.54, 1.807) is 36.3 Å². The molecule has 1 aliphatic heterocycles. The topological polar surface area (TPSA) is 193 Å². The van der Waals surface area contributed by atoms with Crippen LogP contribution in [0.15, 0.2) is 48.8 Å². The molecule has 302 valence electrons. The van der Waals surface area contributed by atoms with Crippen molar-refractivity contribution in [2.75, 3.05) is 41.5 Å². The zero-order valence-electron chi connectivity index (χ0n) is 33.7. The number of H-pyrrole nitrogens is 2. The second-order valence-corrected chi connectivity index (χ2v) is 14.8. The lowest BCUT2D eigenvalue weighted by Crippen LogP contribution is -2.50. The van der Waals surface area contributed by atoms with Crippen molar-refractivity contribution in [3.8, 4) is 11.3 Å². The predicted octanol–water partition coefficient (Wildman–Crippen LogP) is 5.58. The average Bonchev–Trinajstić information content (AvgIpc) is 3.91. The Bertz CT molecular complexity index is 2000. The number of benzene rings is 2. The lowest BCUT2D eigenvalue weighted by Gasteiger charge is -2.30. The summed E-state index contributed by atoms with van der Waals surface area (Å²) in [6.07, 6.45) is 1.52. The van der Waals surface area contributed by atoms with Gasteiger partial charge in [0, 0.05) is 19.7 Å². The molecule has 1 aliphatic rings. The third-order valence-electron chi connectivity index (χ3n) is 10.4. The number of aromatic amines is 2. The number of methoxy groups -OCH3 is 2. The highest BCUT2D eigenvalue weighted by Crippen LogP contribution is 2.33. The minimum atomic E-state index is -0.747. The first-order valence-electron chi connectivity index (χ1n) is 18.7. The Morgan fingerprint density at radius 1 is 0.714 bits per heavy atom. The molecule has 0 bridgehead atoms. The second-order valence-electron chi connectivity index (χ2n) is 14.8. The van der Waals surface area contributed by atoms with E-state index in [1.807, 2.05) is 53.7 Å². The number of alkyl carbamates (subject to hydrolysis) is 2. The smallest absolute Gasteiger partial charge is 0.407 e. The average molecular weight is 775 g/mol. The maximum absolute atomic E-state index is 13.3. The van der Waals surface area contributed by atoms with Crippen molar-refractivity contribution in [1.82, 2.24) is 40.4 Å². The van der Waals surface area contributed by atoms with Gasteiger partial charge in [-0.3, -0.25) is 9.59 Å². The molecule has 16 nitrogen and oxygen atoms in total. The number of nitrogens with one attached hydrogen (secondary N) is 4. The number of carbonyl (C=O) groups excluding carboxylic acids is 4. The standard InChI is InChI=1S/C40H54N8O8/c1-21(2)33(45-39(51)53-9)37(49)47(7)23(5)35-41-17-29(43-35)27-13-11-26-16-28(14-12-25(26)15-27)31-19-56-32(20-55-31)30-18-42-36(44-30)24(6)48(8)38(50)34(22(3)4)46-40(52)54-10/h11-18,21-24,31-34H,19-20H2,1-10H3,(H,41,43)(H,42,44)(H,45,51)(H,46,52)/t23-,24-,31?,32?,33+,34+/m0/s1. The molecule has 0 saturated carbocycles. The summed E-state index contributed by atoms with van der Waals surface area (Å²) in [5.41, 5.74) is 3.50. The Balaban J connectivity index is 1.19. The SMILES string of the molecule is COC(=O)N[C@@H](C(=O)N(C)[C@@H](C)c1ncc(-c2ccc3cc(C4COC(c5cnc([C@H](C)N(C)C(=O)[C@H](NC(=O)OC)C(C)C)[nH]5)CO4)ccc3c2)[nH]1)C(C)C. The number of amides is 4. The van der Waals surface area contributed by atoms with Crippen molar-refractivity contribution in [2.45, 2.75) is 77.9 Å². The zero-order valence-corrected chi connectivity index (χ0v) is 33.7. The Morgan fingerprint density at radius 3 is 1.75 bits per heavy atom. The van der Waals surface area contributed by atoms with Gasteiger partial charge in [0.15, 0.2) is 0 Å². The molecule has 4 amide bonds. The van der Waals surface area contributed by atoms with Crippen LogP contribution in [0.4, 0.5) is 9.59 Å². The van der Waals surface area contributed by atoms with E-state index < -0.39 is 30.3 Å². The first-order chi connectivity index (χ1) is 26.6. The number of nitrogens with zero attached hydrogens (tertiary/aromatic N) is 4. The molecule has 0 aliphatic carbocycles. The summed E-state index contributed by atoms with van der Waals surface area (Å²) in [5, 5.41) is 7.33. The van der Waals surface area contributed by atoms with Gasteiger partial charge >= 0.3 is 12.2 Å². The molecule has 0 spiro atoms. The molecule has 2 unspecified atom stereocenters. The van der Waals surface area contributed by atoms with Gasteiger partial charge < -0.3 is 49.3 Å². The minimum absolute atomic E-state index is 0.141. The molecule has 2 aromatic carbocycles. The summed E-state index contributed by atoms with van der Waals surface area (Å²) in [6, 6.07) is 10.1. The van der Waals surface area contributed by atoms with Gasteiger partial charge in [-0.15, -0.1) is 0 Å². The molecular weight excluding hydrogens is 720 g/mol. The maximum Gasteiger partial charge on any atom is 0.407 e. The lowest BCUT2D eigenvalue weighted by atomic mass is 10.0. The van der Waals surface area contributed by atoms with Crippen LogP contribution in [0.2, 0.25) is 0 Å². The first kappa shape index (κ1) is 41.7. The van der Waals surface area contributed by atoms with Crippen molar-refractivity contribution < 1.29 is 38.1 Å². The third kappa shape index (κ3) is 9.30. The molecule has 5 rings (SSSR count). The van der Waals surface area contributed by atoms with Crippen molar-refractivity contribution in [3.63, 3.8) is 0 Å². The van der Waals surface area contributed by atoms with Crippen LogP contribution in [-0.2, 0) is 28.5 Å². The maximum atomic E-state index is 13.3. The number of likely N-dealkylation sites (N-methyl/N-ethyl adjacent to an activating group) is 2. The van der Waals surface area contributed by atoms with Crippen LogP contribution < -0.4 is 10.6 Å². The number of aromatic nitrogens is 4. The number of carbonyl (C=O) groups is 4. The molecule has 6 atom stereocenters. The second kappa shape index (κ2) is 18.0. The highest BCUT2D eigenvalue weighted by molar-refractivity contribution is 5.88. The summed E-state index contributed by atoms with van der Waals surface area (Å²) in [4.78, 5) is 69.1. The largest absolute Gasteiger partial charge is 0.453 e. The fourth-order valence-corrected chi connectivity index (χ4v) is 6.52. The number of rotatable bonds is 13. The molecule has 0 radical (unpaired) electrons. The van der Waals surface area contributed by atoms with Crippen molar-refractivity contribution in [1.29, 1.82) is 0 Å². The Hall–Kier alpha value is -5.48. The number of hydrogen-bond donors (Lipinski definition) is 4. The Kier molecular flexibility index (Phi) is 13.4. The number of imidazole rings is 2. The van der Waals surface area contributed by atoms with Gasteiger partial charge in [0.25, 0.3) is 0 Å². The predicted molar refractivity (Wildman–Crippen MR) is 208 cm³/mol. The van der Waals surface area contributed by atoms with Crippen molar-refractivity contribution in [3.05, 3.63) is 71.7 Å². The third-order valence-corrected chi connectivity index (χ3v) is 10.4. The number of ether oxygens (including phenoxy) is 4. The fourth-order valence-electron chi connectivity index (χ4n) is 6.52. The highest BCUT2D eigenvalue weighted by atomic mass is 16.6. The fraction of sp³-hybridized carbons (Fsp3) is 0.500. The van der Waals surface area contributed by atoms with E-state index in [-0.39, 0.29) is 41.9 Å². The molecular formula is C40H54N8O8.